The minimum atomic E-state index is -4.05. The number of halogens is 2. The second kappa shape index (κ2) is 11.9. The number of amides is 1. The molecule has 1 N–H and O–H groups in total. The van der Waals surface area contributed by atoms with Gasteiger partial charge in [0, 0.05) is 6.54 Å². The Morgan fingerprint density at radius 2 is 1.72 bits per heavy atom. The molecule has 0 aliphatic rings. The molecule has 0 fully saturated rings. The summed E-state index contributed by atoms with van der Waals surface area (Å²) in [5, 5.41) is 4.61. The number of hydrazone groups is 1. The maximum atomic E-state index is 13.8. The van der Waals surface area contributed by atoms with Crippen LogP contribution in [0.25, 0.3) is 0 Å². The number of aryl methyl sites for hydroxylation is 3. The molecule has 10 heteroatoms. The molecule has 7 nitrogen and oxygen atoms in total. The SMILES string of the molecule is COc1cccc(/C=N/NC(=O)CN(Cc2ccc(Cl)c(Cl)c2)S(=O)(=O)c2c(C)cc(C)cc2C)c1. The molecule has 0 aliphatic heterocycles. The highest BCUT2D eigenvalue weighted by molar-refractivity contribution is 7.89. The molecule has 0 saturated heterocycles. The van der Waals surface area contributed by atoms with E-state index < -0.39 is 22.5 Å². The number of hydrogen-bond acceptors (Lipinski definition) is 5. The van der Waals surface area contributed by atoms with Crippen LogP contribution in [0.15, 0.2) is 64.6 Å². The molecule has 0 spiro atoms. The highest BCUT2D eigenvalue weighted by Gasteiger charge is 2.30. The minimum Gasteiger partial charge on any atom is -0.497 e. The normalized spacial score (nSPS) is 11.8. The van der Waals surface area contributed by atoms with Crippen molar-refractivity contribution in [3.8, 4) is 5.75 Å². The summed E-state index contributed by atoms with van der Waals surface area (Å²) in [5.41, 5.74) is 5.85. The summed E-state index contributed by atoms with van der Waals surface area (Å²) in [7, 11) is -2.50. The van der Waals surface area contributed by atoms with Crippen LogP contribution in [0, 0.1) is 20.8 Å². The standard InChI is InChI=1S/C26H27Cl2N3O4S/c1-17-10-18(2)26(19(3)11-17)36(33,34)31(15-21-8-9-23(27)24(28)13-21)16-25(32)30-29-14-20-6-5-7-22(12-20)35-4/h5-14H,15-16H2,1-4H3,(H,30,32)/b29-14+. The number of rotatable bonds is 9. The molecule has 3 rings (SSSR count). The number of sulfonamides is 1. The van der Waals surface area contributed by atoms with Crippen molar-refractivity contribution in [3.63, 3.8) is 0 Å². The Hall–Kier alpha value is -2.91. The van der Waals surface area contributed by atoms with Gasteiger partial charge < -0.3 is 4.74 Å². The Balaban J connectivity index is 1.89. The van der Waals surface area contributed by atoms with Crippen molar-refractivity contribution in [1.82, 2.24) is 9.73 Å². The fourth-order valence-corrected chi connectivity index (χ4v) is 5.98. The van der Waals surface area contributed by atoms with Crippen molar-refractivity contribution in [1.29, 1.82) is 0 Å². The second-order valence-electron chi connectivity index (χ2n) is 8.32. The number of benzene rings is 3. The van der Waals surface area contributed by atoms with Crippen LogP contribution >= 0.6 is 23.2 Å². The van der Waals surface area contributed by atoms with E-state index in [1.54, 1.807) is 75.6 Å². The van der Waals surface area contributed by atoms with Gasteiger partial charge in [-0.15, -0.1) is 0 Å². The fraction of sp³-hybridized carbons (Fsp3) is 0.231. The highest BCUT2D eigenvalue weighted by atomic mass is 35.5. The average Bonchev–Trinajstić information content (AvgIpc) is 2.80. The Labute approximate surface area is 221 Å². The lowest BCUT2D eigenvalue weighted by Crippen LogP contribution is -2.39. The molecule has 0 atom stereocenters. The zero-order chi connectivity index (χ0) is 26.5. The molecule has 3 aromatic carbocycles. The minimum absolute atomic E-state index is 0.0843. The maximum Gasteiger partial charge on any atom is 0.255 e. The molecule has 36 heavy (non-hydrogen) atoms. The first kappa shape index (κ1) is 27.7. The number of nitrogens with zero attached hydrogens (tertiary/aromatic N) is 2. The Morgan fingerprint density at radius 3 is 2.36 bits per heavy atom. The van der Waals surface area contributed by atoms with Crippen molar-refractivity contribution in [3.05, 3.63) is 92.5 Å². The topological polar surface area (TPSA) is 88.1 Å². The second-order valence-corrected chi connectivity index (χ2v) is 11.0. The van der Waals surface area contributed by atoms with E-state index in [1.165, 1.54) is 6.21 Å². The molecule has 0 unspecified atom stereocenters. The molecule has 0 heterocycles. The number of hydrogen-bond donors (Lipinski definition) is 1. The van der Waals surface area contributed by atoms with Crippen LogP contribution in [0.4, 0.5) is 0 Å². The van der Waals surface area contributed by atoms with Gasteiger partial charge in [-0.1, -0.05) is 59.1 Å². The maximum absolute atomic E-state index is 13.8. The highest BCUT2D eigenvalue weighted by Crippen LogP contribution is 2.28. The summed E-state index contributed by atoms with van der Waals surface area (Å²) in [6.45, 7) is 4.84. The van der Waals surface area contributed by atoms with Gasteiger partial charge in [-0.3, -0.25) is 4.79 Å². The van der Waals surface area contributed by atoms with Crippen LogP contribution < -0.4 is 10.2 Å². The van der Waals surface area contributed by atoms with Gasteiger partial charge in [0.05, 0.1) is 34.8 Å². The van der Waals surface area contributed by atoms with Crippen LogP contribution in [-0.4, -0.2) is 38.5 Å². The average molecular weight is 548 g/mol. The van der Waals surface area contributed by atoms with E-state index in [1.807, 2.05) is 6.92 Å². The third-order valence-corrected chi connectivity index (χ3v) is 8.20. The van der Waals surface area contributed by atoms with Gasteiger partial charge in [0.2, 0.25) is 10.0 Å². The van der Waals surface area contributed by atoms with E-state index in [4.69, 9.17) is 27.9 Å². The summed E-state index contributed by atoms with van der Waals surface area (Å²) >= 11 is 12.2. The van der Waals surface area contributed by atoms with Crippen molar-refractivity contribution in [2.24, 2.45) is 5.10 Å². The summed E-state index contributed by atoms with van der Waals surface area (Å²) < 4.78 is 33.8. The van der Waals surface area contributed by atoms with Crippen molar-refractivity contribution >= 4 is 45.3 Å². The third kappa shape index (κ3) is 6.85. The lowest BCUT2D eigenvalue weighted by Gasteiger charge is -2.24. The molecule has 3 aromatic rings. The van der Waals surface area contributed by atoms with E-state index in [-0.39, 0.29) is 11.4 Å². The van der Waals surface area contributed by atoms with E-state index in [2.05, 4.69) is 10.5 Å². The largest absolute Gasteiger partial charge is 0.497 e. The number of carbonyl (C=O) groups excluding carboxylic acids is 1. The summed E-state index contributed by atoms with van der Waals surface area (Å²) in [6, 6.07) is 15.6. The number of ether oxygens (including phenoxy) is 1. The Morgan fingerprint density at radius 1 is 1.03 bits per heavy atom. The van der Waals surface area contributed by atoms with E-state index in [0.29, 0.717) is 38.0 Å². The molecule has 190 valence electrons. The summed E-state index contributed by atoms with van der Waals surface area (Å²) in [6.07, 6.45) is 1.45. The van der Waals surface area contributed by atoms with Crippen LogP contribution in [0.2, 0.25) is 10.0 Å². The lowest BCUT2D eigenvalue weighted by atomic mass is 10.1. The van der Waals surface area contributed by atoms with E-state index >= 15 is 0 Å². The zero-order valence-electron chi connectivity index (χ0n) is 20.4. The van der Waals surface area contributed by atoms with Gasteiger partial charge in [0.1, 0.15) is 5.75 Å². The smallest absolute Gasteiger partial charge is 0.255 e. The molecule has 0 saturated carbocycles. The van der Waals surface area contributed by atoms with Gasteiger partial charge in [-0.05, 0) is 67.3 Å². The van der Waals surface area contributed by atoms with Crippen molar-refractivity contribution in [2.75, 3.05) is 13.7 Å². The van der Waals surface area contributed by atoms with Crippen molar-refractivity contribution < 1.29 is 17.9 Å². The molecular weight excluding hydrogens is 521 g/mol. The molecule has 0 bridgehead atoms. The summed E-state index contributed by atoms with van der Waals surface area (Å²) in [5.74, 6) is 0.0493. The Kier molecular flexibility index (Phi) is 9.13. The first-order valence-corrected chi connectivity index (χ1v) is 13.2. The van der Waals surface area contributed by atoms with Crippen LogP contribution in [0.3, 0.4) is 0 Å². The fourth-order valence-electron chi connectivity index (χ4n) is 3.87. The number of carbonyl (C=O) groups is 1. The van der Waals surface area contributed by atoms with Crippen LogP contribution in [-0.2, 0) is 21.4 Å². The first-order chi connectivity index (χ1) is 17.0. The van der Waals surface area contributed by atoms with Gasteiger partial charge in [0.15, 0.2) is 0 Å². The Bertz CT molecular complexity index is 1390. The van der Waals surface area contributed by atoms with Crippen LogP contribution in [0.1, 0.15) is 27.8 Å². The summed E-state index contributed by atoms with van der Waals surface area (Å²) in [4.78, 5) is 12.9. The van der Waals surface area contributed by atoms with E-state index in [9.17, 15) is 13.2 Å². The third-order valence-electron chi connectivity index (χ3n) is 5.36. The predicted octanol–water partition coefficient (Wildman–Crippen LogP) is 5.27. The van der Waals surface area contributed by atoms with Gasteiger partial charge >= 0.3 is 0 Å². The van der Waals surface area contributed by atoms with E-state index in [0.717, 1.165) is 9.87 Å². The molecular formula is C26H27Cl2N3O4S. The monoisotopic (exact) mass is 547 g/mol. The number of methoxy groups -OCH3 is 1. The van der Waals surface area contributed by atoms with Gasteiger partial charge in [-0.25, -0.2) is 13.8 Å². The first-order valence-electron chi connectivity index (χ1n) is 11.0. The van der Waals surface area contributed by atoms with Crippen LogP contribution in [0.5, 0.6) is 5.75 Å². The molecule has 0 aromatic heterocycles. The molecule has 0 aliphatic carbocycles. The number of nitrogens with one attached hydrogen (secondary N) is 1. The van der Waals surface area contributed by atoms with Crippen molar-refractivity contribution in [2.45, 2.75) is 32.2 Å². The predicted molar refractivity (Wildman–Crippen MR) is 143 cm³/mol. The zero-order valence-corrected chi connectivity index (χ0v) is 22.7. The lowest BCUT2D eigenvalue weighted by molar-refractivity contribution is -0.121. The molecule has 1 amide bonds. The van der Waals surface area contributed by atoms with Gasteiger partial charge in [-0.2, -0.15) is 9.41 Å². The quantitative estimate of drug-likeness (QED) is 0.292. The molecule has 0 radical (unpaired) electrons. The van der Waals surface area contributed by atoms with Gasteiger partial charge in [0.25, 0.3) is 5.91 Å².